The molecule has 1 unspecified atom stereocenters. The minimum atomic E-state index is -0.0683. The monoisotopic (exact) mass is 314 g/mol. The van der Waals surface area contributed by atoms with E-state index >= 15 is 0 Å². The molecule has 1 atom stereocenters. The summed E-state index contributed by atoms with van der Waals surface area (Å²) in [4.78, 5) is 12.0. The SMILES string of the molecule is CCCn1ncc(NCC2CCCN2)c(Br)c1=O. The third-order valence-corrected chi connectivity index (χ3v) is 3.89. The van der Waals surface area contributed by atoms with Crippen molar-refractivity contribution in [1.29, 1.82) is 0 Å². The van der Waals surface area contributed by atoms with E-state index in [0.717, 1.165) is 25.2 Å². The number of aromatic nitrogens is 2. The topological polar surface area (TPSA) is 59.0 Å². The van der Waals surface area contributed by atoms with Gasteiger partial charge in [0.25, 0.3) is 5.56 Å². The van der Waals surface area contributed by atoms with E-state index in [1.807, 2.05) is 6.92 Å². The minimum absolute atomic E-state index is 0.0683. The number of hydrogen-bond donors (Lipinski definition) is 2. The van der Waals surface area contributed by atoms with Crippen LogP contribution in [0.3, 0.4) is 0 Å². The fraction of sp³-hybridized carbons (Fsp3) is 0.667. The molecule has 2 N–H and O–H groups in total. The summed E-state index contributed by atoms with van der Waals surface area (Å²) in [6.07, 6.45) is 5.03. The first kappa shape index (κ1) is 13.5. The molecule has 6 heteroatoms. The molecule has 0 spiro atoms. The van der Waals surface area contributed by atoms with Crippen LogP contribution in [0, 0.1) is 0 Å². The van der Waals surface area contributed by atoms with Gasteiger partial charge < -0.3 is 10.6 Å². The Morgan fingerprint density at radius 1 is 1.67 bits per heavy atom. The van der Waals surface area contributed by atoms with Crippen molar-refractivity contribution in [3.05, 3.63) is 21.0 Å². The van der Waals surface area contributed by atoms with Gasteiger partial charge >= 0.3 is 0 Å². The zero-order chi connectivity index (χ0) is 13.0. The summed E-state index contributed by atoms with van der Waals surface area (Å²) in [6, 6.07) is 0.495. The Kier molecular flexibility index (Phi) is 4.77. The van der Waals surface area contributed by atoms with Crippen molar-refractivity contribution < 1.29 is 0 Å². The Morgan fingerprint density at radius 3 is 3.17 bits per heavy atom. The maximum Gasteiger partial charge on any atom is 0.283 e. The summed E-state index contributed by atoms with van der Waals surface area (Å²) in [6.45, 7) is 4.60. The van der Waals surface area contributed by atoms with Crippen molar-refractivity contribution in [2.24, 2.45) is 0 Å². The maximum atomic E-state index is 12.0. The molecule has 0 bridgehead atoms. The quantitative estimate of drug-likeness (QED) is 0.866. The highest BCUT2D eigenvalue weighted by Gasteiger charge is 2.15. The Labute approximate surface area is 115 Å². The predicted octanol–water partition coefficient (Wildman–Crippen LogP) is 1.58. The van der Waals surface area contributed by atoms with Gasteiger partial charge in [0.05, 0.1) is 11.9 Å². The third-order valence-electron chi connectivity index (χ3n) is 3.12. The highest BCUT2D eigenvalue weighted by molar-refractivity contribution is 9.10. The molecule has 1 aliphatic rings. The number of halogens is 1. The van der Waals surface area contributed by atoms with Crippen molar-refractivity contribution in [1.82, 2.24) is 15.1 Å². The van der Waals surface area contributed by atoms with Gasteiger partial charge in [0.1, 0.15) is 4.47 Å². The summed E-state index contributed by atoms with van der Waals surface area (Å²) in [5, 5.41) is 10.9. The molecule has 0 saturated carbocycles. The first-order valence-corrected chi connectivity index (χ1v) is 7.24. The number of nitrogens with one attached hydrogen (secondary N) is 2. The van der Waals surface area contributed by atoms with E-state index in [2.05, 4.69) is 31.7 Å². The summed E-state index contributed by atoms with van der Waals surface area (Å²) in [7, 11) is 0. The second-order valence-corrected chi connectivity index (χ2v) is 5.37. The van der Waals surface area contributed by atoms with Crippen LogP contribution in [-0.4, -0.2) is 28.9 Å². The Morgan fingerprint density at radius 2 is 2.50 bits per heavy atom. The second-order valence-electron chi connectivity index (χ2n) is 4.57. The molecule has 1 aromatic heterocycles. The normalized spacial score (nSPS) is 19.1. The number of hydrogen-bond acceptors (Lipinski definition) is 4. The summed E-state index contributed by atoms with van der Waals surface area (Å²) in [5.74, 6) is 0. The van der Waals surface area contributed by atoms with E-state index < -0.39 is 0 Å². The van der Waals surface area contributed by atoms with E-state index in [1.165, 1.54) is 17.5 Å². The molecule has 1 aromatic rings. The van der Waals surface area contributed by atoms with E-state index in [1.54, 1.807) is 6.20 Å². The van der Waals surface area contributed by atoms with Gasteiger partial charge in [-0.3, -0.25) is 4.79 Å². The standard InChI is InChI=1S/C12H19BrN4O/c1-2-6-17-12(18)11(13)10(8-16-17)15-7-9-4-3-5-14-9/h8-9,14-15H,2-7H2,1H3. The van der Waals surface area contributed by atoms with Gasteiger partial charge in [-0.25, -0.2) is 4.68 Å². The molecule has 18 heavy (non-hydrogen) atoms. The molecule has 1 fully saturated rings. The summed E-state index contributed by atoms with van der Waals surface area (Å²) in [5.41, 5.74) is 0.710. The van der Waals surface area contributed by atoms with Crippen molar-refractivity contribution in [2.45, 2.75) is 38.8 Å². The number of nitrogens with zero attached hydrogens (tertiary/aromatic N) is 2. The predicted molar refractivity (Wildman–Crippen MR) is 76.0 cm³/mol. The summed E-state index contributed by atoms with van der Waals surface area (Å²) < 4.78 is 2.06. The molecule has 0 amide bonds. The van der Waals surface area contributed by atoms with E-state index in [4.69, 9.17) is 0 Å². The van der Waals surface area contributed by atoms with Gasteiger partial charge in [-0.1, -0.05) is 6.92 Å². The van der Waals surface area contributed by atoms with E-state index in [9.17, 15) is 4.79 Å². The van der Waals surface area contributed by atoms with Crippen LogP contribution in [0.2, 0.25) is 0 Å². The Bertz CT molecular complexity index is 454. The lowest BCUT2D eigenvalue weighted by Gasteiger charge is -2.14. The van der Waals surface area contributed by atoms with E-state index in [0.29, 0.717) is 17.1 Å². The average molecular weight is 315 g/mol. The summed E-state index contributed by atoms with van der Waals surface area (Å²) >= 11 is 3.35. The molecule has 0 radical (unpaired) electrons. The lowest BCUT2D eigenvalue weighted by Crippen LogP contribution is -2.30. The molecule has 0 aliphatic carbocycles. The van der Waals surface area contributed by atoms with Crippen LogP contribution >= 0.6 is 15.9 Å². The molecule has 2 rings (SSSR count). The van der Waals surface area contributed by atoms with E-state index in [-0.39, 0.29) is 5.56 Å². The molecule has 5 nitrogen and oxygen atoms in total. The molecular weight excluding hydrogens is 296 g/mol. The van der Waals surface area contributed by atoms with Gasteiger partial charge in [0.2, 0.25) is 0 Å². The first-order valence-electron chi connectivity index (χ1n) is 6.45. The average Bonchev–Trinajstić information content (AvgIpc) is 2.87. The van der Waals surface area contributed by atoms with Crippen LogP contribution in [0.15, 0.2) is 15.5 Å². The van der Waals surface area contributed by atoms with Gasteiger partial charge in [-0.2, -0.15) is 5.10 Å². The molecular formula is C12H19BrN4O. The van der Waals surface area contributed by atoms with Gasteiger partial charge in [-0.05, 0) is 41.7 Å². The maximum absolute atomic E-state index is 12.0. The molecule has 1 aliphatic heterocycles. The molecule has 2 heterocycles. The lowest BCUT2D eigenvalue weighted by molar-refractivity contribution is 0.565. The fourth-order valence-corrected chi connectivity index (χ4v) is 2.57. The van der Waals surface area contributed by atoms with Crippen LogP contribution in [0.1, 0.15) is 26.2 Å². The Balaban J connectivity index is 2.04. The molecule has 1 saturated heterocycles. The first-order chi connectivity index (χ1) is 8.72. The molecule has 0 aromatic carbocycles. The van der Waals surface area contributed by atoms with Crippen LogP contribution in [0.25, 0.3) is 0 Å². The van der Waals surface area contributed by atoms with Gasteiger partial charge in [-0.15, -0.1) is 0 Å². The lowest BCUT2D eigenvalue weighted by atomic mass is 10.2. The number of aryl methyl sites for hydroxylation is 1. The van der Waals surface area contributed by atoms with Crippen molar-refractivity contribution in [3.8, 4) is 0 Å². The largest absolute Gasteiger partial charge is 0.381 e. The zero-order valence-electron chi connectivity index (χ0n) is 10.6. The molecule has 100 valence electrons. The third kappa shape index (κ3) is 3.11. The smallest absolute Gasteiger partial charge is 0.283 e. The number of anilines is 1. The van der Waals surface area contributed by atoms with Crippen molar-refractivity contribution in [2.75, 3.05) is 18.4 Å². The fourth-order valence-electron chi connectivity index (χ4n) is 2.12. The van der Waals surface area contributed by atoms with Crippen LogP contribution < -0.4 is 16.2 Å². The van der Waals surface area contributed by atoms with Crippen LogP contribution in [-0.2, 0) is 6.54 Å². The highest BCUT2D eigenvalue weighted by atomic mass is 79.9. The van der Waals surface area contributed by atoms with Crippen molar-refractivity contribution in [3.63, 3.8) is 0 Å². The van der Waals surface area contributed by atoms with Crippen molar-refractivity contribution >= 4 is 21.6 Å². The van der Waals surface area contributed by atoms with Crippen LogP contribution in [0.5, 0.6) is 0 Å². The second kappa shape index (κ2) is 6.33. The number of rotatable bonds is 5. The Hall–Kier alpha value is -0.880. The van der Waals surface area contributed by atoms with Crippen LogP contribution in [0.4, 0.5) is 5.69 Å². The van der Waals surface area contributed by atoms with Gasteiger partial charge in [0, 0.05) is 19.1 Å². The zero-order valence-corrected chi connectivity index (χ0v) is 12.2. The van der Waals surface area contributed by atoms with Gasteiger partial charge in [0.15, 0.2) is 0 Å². The highest BCUT2D eigenvalue weighted by Crippen LogP contribution is 2.17. The minimum Gasteiger partial charge on any atom is -0.381 e.